The molecule has 17 heavy (non-hydrogen) atoms. The second-order valence-corrected chi connectivity index (χ2v) is 3.54. The Balaban J connectivity index is -0.000000299. The topological polar surface area (TPSA) is 0 Å². The molecule has 1 aromatic carbocycles. The van der Waals surface area contributed by atoms with Gasteiger partial charge < -0.3 is 0 Å². The SMILES string of the molecule is CC.CC.Cc1ccc(C2CCC2)cc1.I.I. The molecule has 0 aliphatic heterocycles. The third kappa shape index (κ3) is 8.41. The van der Waals surface area contributed by atoms with E-state index in [1.165, 1.54) is 24.8 Å². The van der Waals surface area contributed by atoms with Gasteiger partial charge >= 0.3 is 0 Å². The standard InChI is InChI=1S/C11H14.2C2H6.2HI/c1-9-5-7-11(8-6-9)10-3-2-4-10;2*1-2;;/h5-8,10H,2-4H2,1H3;2*1-2H3;2*1H. The van der Waals surface area contributed by atoms with Crippen molar-refractivity contribution in [3.8, 4) is 0 Å². The fourth-order valence-corrected chi connectivity index (χ4v) is 1.58. The van der Waals surface area contributed by atoms with Crippen LogP contribution in [0.5, 0.6) is 0 Å². The Morgan fingerprint density at radius 1 is 0.824 bits per heavy atom. The van der Waals surface area contributed by atoms with Crippen molar-refractivity contribution in [2.75, 3.05) is 0 Å². The zero-order valence-corrected chi connectivity index (χ0v) is 16.5. The van der Waals surface area contributed by atoms with Crippen LogP contribution in [0.25, 0.3) is 0 Å². The van der Waals surface area contributed by atoms with E-state index in [0.717, 1.165) is 5.92 Å². The summed E-state index contributed by atoms with van der Waals surface area (Å²) in [6.45, 7) is 10.1. The molecule has 0 radical (unpaired) electrons. The fourth-order valence-electron chi connectivity index (χ4n) is 1.58. The predicted molar refractivity (Wildman–Crippen MR) is 101 cm³/mol. The zero-order valence-electron chi connectivity index (χ0n) is 11.8. The van der Waals surface area contributed by atoms with Gasteiger partial charge in [0.05, 0.1) is 0 Å². The molecule has 1 fully saturated rings. The molecule has 1 aliphatic rings. The van der Waals surface area contributed by atoms with Crippen LogP contribution in [0.15, 0.2) is 24.3 Å². The quantitative estimate of drug-likeness (QED) is 0.416. The molecule has 1 aromatic rings. The van der Waals surface area contributed by atoms with Crippen LogP contribution < -0.4 is 0 Å². The molecule has 0 saturated heterocycles. The van der Waals surface area contributed by atoms with E-state index in [9.17, 15) is 0 Å². The normalized spacial score (nSPS) is 12.3. The molecule has 0 atom stereocenters. The number of hydrogen-bond donors (Lipinski definition) is 0. The van der Waals surface area contributed by atoms with Crippen LogP contribution in [0.4, 0.5) is 0 Å². The van der Waals surface area contributed by atoms with Crippen molar-refractivity contribution in [1.82, 2.24) is 0 Å². The van der Waals surface area contributed by atoms with E-state index in [1.54, 1.807) is 5.56 Å². The lowest BCUT2D eigenvalue weighted by molar-refractivity contribution is 0.420. The monoisotopic (exact) mass is 462 g/mol. The lowest BCUT2D eigenvalue weighted by Gasteiger charge is -2.25. The van der Waals surface area contributed by atoms with E-state index in [-0.39, 0.29) is 48.0 Å². The van der Waals surface area contributed by atoms with Gasteiger partial charge in [-0.1, -0.05) is 63.9 Å². The molecular weight excluding hydrogens is 434 g/mol. The van der Waals surface area contributed by atoms with Gasteiger partial charge in [0, 0.05) is 0 Å². The molecule has 2 rings (SSSR count). The van der Waals surface area contributed by atoms with E-state index in [2.05, 4.69) is 31.2 Å². The molecule has 1 saturated carbocycles. The first-order chi connectivity index (χ1) is 7.36. The molecule has 1 aliphatic carbocycles. The summed E-state index contributed by atoms with van der Waals surface area (Å²) in [6, 6.07) is 8.99. The molecule has 0 heterocycles. The third-order valence-corrected chi connectivity index (χ3v) is 2.65. The van der Waals surface area contributed by atoms with Crippen molar-refractivity contribution in [2.45, 2.75) is 59.8 Å². The van der Waals surface area contributed by atoms with Gasteiger partial charge in [-0.25, -0.2) is 0 Å². The Hall–Kier alpha value is 0.680. The van der Waals surface area contributed by atoms with Gasteiger partial charge in [0.25, 0.3) is 0 Å². The molecule has 0 bridgehead atoms. The maximum Gasteiger partial charge on any atom is -0.0162 e. The Kier molecular flexibility index (Phi) is 19.8. The Morgan fingerprint density at radius 2 is 1.24 bits per heavy atom. The van der Waals surface area contributed by atoms with E-state index < -0.39 is 0 Å². The summed E-state index contributed by atoms with van der Waals surface area (Å²) in [6.07, 6.45) is 4.24. The Labute approximate surface area is 142 Å². The van der Waals surface area contributed by atoms with Gasteiger partial charge in [0.2, 0.25) is 0 Å². The first kappa shape index (κ1) is 22.8. The number of rotatable bonds is 1. The molecule has 0 amide bonds. The van der Waals surface area contributed by atoms with Crippen LogP contribution in [0.3, 0.4) is 0 Å². The summed E-state index contributed by atoms with van der Waals surface area (Å²) >= 11 is 0. The number of benzene rings is 1. The van der Waals surface area contributed by atoms with Crippen molar-refractivity contribution in [2.24, 2.45) is 0 Å². The molecule has 0 nitrogen and oxygen atoms in total. The van der Waals surface area contributed by atoms with Gasteiger partial charge in [-0.05, 0) is 31.2 Å². The minimum Gasteiger partial charge on any atom is -0.107 e. The molecular formula is C15H28I2. The summed E-state index contributed by atoms with van der Waals surface area (Å²) in [5.41, 5.74) is 2.91. The van der Waals surface area contributed by atoms with E-state index in [1.807, 2.05) is 27.7 Å². The number of aryl methyl sites for hydroxylation is 1. The lowest BCUT2D eigenvalue weighted by Crippen LogP contribution is -2.08. The highest BCUT2D eigenvalue weighted by Crippen LogP contribution is 2.36. The molecule has 0 N–H and O–H groups in total. The second-order valence-electron chi connectivity index (χ2n) is 3.54. The lowest BCUT2D eigenvalue weighted by atomic mass is 9.80. The van der Waals surface area contributed by atoms with Crippen LogP contribution in [0.1, 0.15) is 64.0 Å². The summed E-state index contributed by atoms with van der Waals surface area (Å²) < 4.78 is 0. The van der Waals surface area contributed by atoms with Gasteiger partial charge in [-0.3, -0.25) is 0 Å². The van der Waals surface area contributed by atoms with Crippen LogP contribution >= 0.6 is 48.0 Å². The molecule has 0 spiro atoms. The van der Waals surface area contributed by atoms with Crippen molar-refractivity contribution < 1.29 is 0 Å². The van der Waals surface area contributed by atoms with Crippen LogP contribution in [-0.2, 0) is 0 Å². The maximum absolute atomic E-state index is 2.28. The number of hydrogen-bond acceptors (Lipinski definition) is 0. The Bertz CT molecular complexity index is 238. The van der Waals surface area contributed by atoms with Crippen LogP contribution in [0, 0.1) is 6.92 Å². The summed E-state index contributed by atoms with van der Waals surface area (Å²) in [5.74, 6) is 0.885. The van der Waals surface area contributed by atoms with Crippen molar-refractivity contribution in [3.05, 3.63) is 35.4 Å². The molecule has 0 aromatic heterocycles. The minimum atomic E-state index is 0. The van der Waals surface area contributed by atoms with Crippen molar-refractivity contribution in [3.63, 3.8) is 0 Å². The summed E-state index contributed by atoms with van der Waals surface area (Å²) in [7, 11) is 0. The highest BCUT2D eigenvalue weighted by molar-refractivity contribution is 14.0. The largest absolute Gasteiger partial charge is 0.107 e. The predicted octanol–water partition coefficient (Wildman–Crippen LogP) is 6.55. The smallest absolute Gasteiger partial charge is 0.0162 e. The van der Waals surface area contributed by atoms with Gasteiger partial charge in [0.15, 0.2) is 0 Å². The highest BCUT2D eigenvalue weighted by atomic mass is 127. The summed E-state index contributed by atoms with van der Waals surface area (Å²) in [5, 5.41) is 0. The van der Waals surface area contributed by atoms with Crippen molar-refractivity contribution >= 4 is 48.0 Å². The van der Waals surface area contributed by atoms with Crippen LogP contribution in [0.2, 0.25) is 0 Å². The molecule has 102 valence electrons. The maximum atomic E-state index is 2.28. The Morgan fingerprint density at radius 3 is 1.53 bits per heavy atom. The van der Waals surface area contributed by atoms with Crippen LogP contribution in [-0.4, -0.2) is 0 Å². The molecule has 0 unspecified atom stereocenters. The average molecular weight is 462 g/mol. The average Bonchev–Trinajstić information content (AvgIpc) is 2.25. The van der Waals surface area contributed by atoms with Gasteiger partial charge in [0.1, 0.15) is 0 Å². The second kappa shape index (κ2) is 14.7. The van der Waals surface area contributed by atoms with E-state index in [0.29, 0.717) is 0 Å². The van der Waals surface area contributed by atoms with E-state index >= 15 is 0 Å². The van der Waals surface area contributed by atoms with E-state index in [4.69, 9.17) is 0 Å². The number of halogens is 2. The fraction of sp³-hybridized carbons (Fsp3) is 0.600. The highest BCUT2D eigenvalue weighted by Gasteiger charge is 2.18. The third-order valence-electron chi connectivity index (χ3n) is 2.65. The van der Waals surface area contributed by atoms with Gasteiger partial charge in [-0.15, -0.1) is 48.0 Å². The zero-order chi connectivity index (χ0) is 11.7. The van der Waals surface area contributed by atoms with Crippen molar-refractivity contribution in [1.29, 1.82) is 0 Å². The van der Waals surface area contributed by atoms with Gasteiger partial charge in [-0.2, -0.15) is 0 Å². The first-order valence-electron chi connectivity index (χ1n) is 6.43. The first-order valence-corrected chi connectivity index (χ1v) is 6.43. The molecule has 2 heteroatoms. The summed E-state index contributed by atoms with van der Waals surface area (Å²) in [4.78, 5) is 0. The minimum absolute atomic E-state index is 0.